The van der Waals surface area contributed by atoms with E-state index in [-0.39, 0.29) is 23.7 Å². The minimum absolute atomic E-state index is 0.0196. The zero-order valence-electron chi connectivity index (χ0n) is 15.3. The van der Waals surface area contributed by atoms with Crippen LogP contribution in [-0.2, 0) is 9.59 Å². The molecule has 138 valence electrons. The Morgan fingerprint density at radius 1 is 1.08 bits per heavy atom. The molecule has 2 amide bonds. The van der Waals surface area contributed by atoms with Crippen LogP contribution in [0.4, 0.5) is 5.69 Å². The fraction of sp³-hybridized carbons (Fsp3) is 0.600. The number of hydrogen-bond donors (Lipinski definition) is 1. The Hall–Kier alpha value is -1.55. The summed E-state index contributed by atoms with van der Waals surface area (Å²) in [6.07, 6.45) is 5.13. The molecule has 1 fully saturated rings. The van der Waals surface area contributed by atoms with Gasteiger partial charge in [0.05, 0.1) is 0 Å². The molecule has 0 bridgehead atoms. The fourth-order valence-electron chi connectivity index (χ4n) is 3.54. The van der Waals surface area contributed by atoms with Crippen molar-refractivity contribution < 1.29 is 9.59 Å². The lowest BCUT2D eigenvalue weighted by atomic mass is 9.80. The lowest BCUT2D eigenvalue weighted by Gasteiger charge is -2.31. The second-order valence-electron chi connectivity index (χ2n) is 6.87. The Morgan fingerprint density at radius 3 is 2.24 bits per heavy atom. The monoisotopic (exact) mass is 364 g/mol. The normalized spacial score (nSPS) is 20.1. The van der Waals surface area contributed by atoms with Gasteiger partial charge in [0, 0.05) is 35.6 Å². The van der Waals surface area contributed by atoms with Gasteiger partial charge < -0.3 is 10.2 Å². The molecule has 0 atom stereocenters. The highest BCUT2D eigenvalue weighted by Gasteiger charge is 2.31. The number of nitrogens with zero attached hydrogens (tertiary/aromatic N) is 1. The van der Waals surface area contributed by atoms with Gasteiger partial charge in [-0.2, -0.15) is 0 Å². The molecule has 2 rings (SSSR count). The minimum atomic E-state index is -0.0196. The van der Waals surface area contributed by atoms with E-state index in [1.54, 1.807) is 12.1 Å². The van der Waals surface area contributed by atoms with Gasteiger partial charge >= 0.3 is 0 Å². The van der Waals surface area contributed by atoms with Crippen LogP contribution in [0.1, 0.15) is 52.4 Å². The summed E-state index contributed by atoms with van der Waals surface area (Å²) in [6.45, 7) is 5.88. The summed E-state index contributed by atoms with van der Waals surface area (Å²) < 4.78 is 0. The van der Waals surface area contributed by atoms with Gasteiger partial charge in [-0.15, -0.1) is 0 Å². The van der Waals surface area contributed by atoms with Crippen molar-refractivity contribution >= 4 is 29.1 Å². The molecule has 1 aromatic carbocycles. The standard InChI is InChI=1S/C20H29ClN2O2/c1-3-12-23(13-4-2)20(25)16-10-8-15(9-11-16)19(24)22-18-7-5-6-17(21)14-18/h5-7,14-16H,3-4,8-13H2,1-2H3,(H,22,24). The van der Waals surface area contributed by atoms with Crippen LogP contribution in [0, 0.1) is 11.8 Å². The fourth-order valence-corrected chi connectivity index (χ4v) is 3.73. The van der Waals surface area contributed by atoms with E-state index in [2.05, 4.69) is 19.2 Å². The molecule has 1 aliphatic carbocycles. The van der Waals surface area contributed by atoms with Crippen molar-refractivity contribution in [2.24, 2.45) is 11.8 Å². The van der Waals surface area contributed by atoms with E-state index in [9.17, 15) is 9.59 Å². The van der Waals surface area contributed by atoms with Gasteiger partial charge in [0.15, 0.2) is 0 Å². The van der Waals surface area contributed by atoms with Crippen LogP contribution in [0.3, 0.4) is 0 Å². The van der Waals surface area contributed by atoms with Crippen molar-refractivity contribution in [2.75, 3.05) is 18.4 Å². The SMILES string of the molecule is CCCN(CCC)C(=O)C1CCC(C(=O)Nc2cccc(Cl)c2)CC1. The number of benzene rings is 1. The molecule has 5 heteroatoms. The number of nitrogens with one attached hydrogen (secondary N) is 1. The smallest absolute Gasteiger partial charge is 0.227 e. The summed E-state index contributed by atoms with van der Waals surface area (Å²) in [6, 6.07) is 7.20. The van der Waals surface area contributed by atoms with Crippen LogP contribution < -0.4 is 5.32 Å². The molecule has 25 heavy (non-hydrogen) atoms. The Bertz CT molecular complexity index is 577. The van der Waals surface area contributed by atoms with Gasteiger partial charge in [-0.05, 0) is 56.7 Å². The van der Waals surface area contributed by atoms with Crippen molar-refractivity contribution in [3.63, 3.8) is 0 Å². The Morgan fingerprint density at radius 2 is 1.68 bits per heavy atom. The second-order valence-corrected chi connectivity index (χ2v) is 7.31. The molecule has 1 aromatic rings. The number of amides is 2. The average Bonchev–Trinajstić information content (AvgIpc) is 2.61. The zero-order valence-corrected chi connectivity index (χ0v) is 16.0. The van der Waals surface area contributed by atoms with Crippen LogP contribution in [0.2, 0.25) is 5.02 Å². The van der Waals surface area contributed by atoms with E-state index in [4.69, 9.17) is 11.6 Å². The maximum atomic E-state index is 12.7. The summed E-state index contributed by atoms with van der Waals surface area (Å²) in [5, 5.41) is 3.55. The second kappa shape index (κ2) is 9.81. The Balaban J connectivity index is 1.85. The first-order valence-corrected chi connectivity index (χ1v) is 9.78. The van der Waals surface area contributed by atoms with Crippen LogP contribution in [-0.4, -0.2) is 29.8 Å². The highest BCUT2D eigenvalue weighted by atomic mass is 35.5. The van der Waals surface area contributed by atoms with Crippen molar-refractivity contribution in [2.45, 2.75) is 52.4 Å². The highest BCUT2D eigenvalue weighted by molar-refractivity contribution is 6.30. The third-order valence-corrected chi connectivity index (χ3v) is 5.07. The first-order valence-electron chi connectivity index (χ1n) is 9.40. The van der Waals surface area contributed by atoms with Crippen LogP contribution in [0.25, 0.3) is 0 Å². The van der Waals surface area contributed by atoms with Gasteiger partial charge in [-0.3, -0.25) is 9.59 Å². The predicted molar refractivity (Wildman–Crippen MR) is 103 cm³/mol. The Kier molecular flexibility index (Phi) is 7.76. The topological polar surface area (TPSA) is 49.4 Å². The summed E-state index contributed by atoms with van der Waals surface area (Å²) in [5.41, 5.74) is 0.729. The van der Waals surface area contributed by atoms with Crippen LogP contribution in [0.15, 0.2) is 24.3 Å². The first-order chi connectivity index (χ1) is 12.0. The summed E-state index contributed by atoms with van der Waals surface area (Å²) in [5.74, 6) is 0.367. The van der Waals surface area contributed by atoms with Crippen LogP contribution in [0.5, 0.6) is 0 Å². The minimum Gasteiger partial charge on any atom is -0.342 e. The third-order valence-electron chi connectivity index (χ3n) is 4.84. The third kappa shape index (κ3) is 5.74. The average molecular weight is 365 g/mol. The molecule has 4 nitrogen and oxygen atoms in total. The van der Waals surface area contributed by atoms with E-state index in [0.717, 1.165) is 57.3 Å². The molecule has 0 saturated heterocycles. The number of halogens is 1. The van der Waals surface area contributed by atoms with Gasteiger partial charge in [0.25, 0.3) is 0 Å². The van der Waals surface area contributed by atoms with E-state index in [1.165, 1.54) is 0 Å². The van der Waals surface area contributed by atoms with Gasteiger partial charge in [-0.25, -0.2) is 0 Å². The lowest BCUT2D eigenvalue weighted by Crippen LogP contribution is -2.39. The van der Waals surface area contributed by atoms with Crippen molar-refractivity contribution in [1.29, 1.82) is 0 Å². The summed E-state index contributed by atoms with van der Waals surface area (Å²) >= 11 is 5.96. The maximum Gasteiger partial charge on any atom is 0.227 e. The van der Waals surface area contributed by atoms with E-state index in [1.807, 2.05) is 17.0 Å². The van der Waals surface area contributed by atoms with Crippen LogP contribution >= 0.6 is 11.6 Å². The molecular formula is C20H29ClN2O2. The predicted octanol–water partition coefficient (Wildman–Crippen LogP) is 4.73. The molecule has 0 aromatic heterocycles. The molecule has 1 aliphatic rings. The Labute approximate surface area is 155 Å². The molecule has 0 aliphatic heterocycles. The van der Waals surface area contributed by atoms with Gasteiger partial charge in [0.1, 0.15) is 0 Å². The van der Waals surface area contributed by atoms with Gasteiger partial charge in [-0.1, -0.05) is 31.5 Å². The summed E-state index contributed by atoms with van der Waals surface area (Å²) in [7, 11) is 0. The molecule has 0 spiro atoms. The number of rotatable bonds is 7. The van der Waals surface area contributed by atoms with E-state index < -0.39 is 0 Å². The molecular weight excluding hydrogens is 336 g/mol. The van der Waals surface area contributed by atoms with E-state index >= 15 is 0 Å². The first kappa shape index (κ1) is 19.8. The van der Waals surface area contributed by atoms with Gasteiger partial charge in [0.2, 0.25) is 11.8 Å². The molecule has 1 saturated carbocycles. The number of carbonyl (C=O) groups is 2. The van der Waals surface area contributed by atoms with Crippen molar-refractivity contribution in [3.05, 3.63) is 29.3 Å². The number of anilines is 1. The zero-order chi connectivity index (χ0) is 18.2. The van der Waals surface area contributed by atoms with Crippen molar-refractivity contribution in [1.82, 2.24) is 4.90 Å². The molecule has 0 radical (unpaired) electrons. The van der Waals surface area contributed by atoms with E-state index in [0.29, 0.717) is 5.02 Å². The summed E-state index contributed by atoms with van der Waals surface area (Å²) in [4.78, 5) is 27.1. The number of hydrogen-bond acceptors (Lipinski definition) is 2. The molecule has 0 heterocycles. The highest BCUT2D eigenvalue weighted by Crippen LogP contribution is 2.31. The largest absolute Gasteiger partial charge is 0.342 e. The maximum absolute atomic E-state index is 12.7. The number of carbonyl (C=O) groups excluding carboxylic acids is 2. The molecule has 0 unspecified atom stereocenters. The molecule has 1 N–H and O–H groups in total. The van der Waals surface area contributed by atoms with Crippen molar-refractivity contribution in [3.8, 4) is 0 Å². The quantitative estimate of drug-likeness (QED) is 0.760. The lowest BCUT2D eigenvalue weighted by molar-refractivity contribution is -0.138.